The first-order valence-corrected chi connectivity index (χ1v) is 4.83. The fourth-order valence-corrected chi connectivity index (χ4v) is 1.36. The van der Waals surface area contributed by atoms with Gasteiger partial charge in [0.25, 0.3) is 0 Å². The van der Waals surface area contributed by atoms with E-state index < -0.39 is 0 Å². The SMILES string of the molecule is CCCc1ccc([C@H](C)NN)cc1. The molecule has 0 radical (unpaired) electrons. The first-order chi connectivity index (χ1) is 6.27. The van der Waals surface area contributed by atoms with Gasteiger partial charge in [0.1, 0.15) is 0 Å². The Morgan fingerprint density at radius 2 is 1.92 bits per heavy atom. The molecule has 0 saturated heterocycles. The van der Waals surface area contributed by atoms with Crippen LogP contribution in [0.15, 0.2) is 24.3 Å². The van der Waals surface area contributed by atoms with Crippen molar-refractivity contribution in [1.29, 1.82) is 0 Å². The Kier molecular flexibility index (Phi) is 3.93. The Bertz CT molecular complexity index is 241. The van der Waals surface area contributed by atoms with E-state index in [9.17, 15) is 0 Å². The molecule has 0 spiro atoms. The molecule has 0 amide bonds. The van der Waals surface area contributed by atoms with Crippen molar-refractivity contribution in [2.75, 3.05) is 0 Å². The van der Waals surface area contributed by atoms with Crippen molar-refractivity contribution in [1.82, 2.24) is 5.43 Å². The number of aryl methyl sites for hydroxylation is 1. The minimum atomic E-state index is 0.232. The van der Waals surface area contributed by atoms with Crippen LogP contribution in [0.4, 0.5) is 0 Å². The first kappa shape index (κ1) is 10.2. The van der Waals surface area contributed by atoms with Gasteiger partial charge >= 0.3 is 0 Å². The van der Waals surface area contributed by atoms with Crippen LogP contribution < -0.4 is 11.3 Å². The smallest absolute Gasteiger partial charge is 0.0431 e. The van der Waals surface area contributed by atoms with Gasteiger partial charge in [0.2, 0.25) is 0 Å². The second-order valence-corrected chi connectivity index (χ2v) is 3.38. The third-order valence-corrected chi connectivity index (χ3v) is 2.27. The van der Waals surface area contributed by atoms with E-state index in [4.69, 9.17) is 5.84 Å². The summed E-state index contributed by atoms with van der Waals surface area (Å²) in [5.74, 6) is 5.35. The molecule has 0 unspecified atom stereocenters. The normalized spacial score (nSPS) is 12.8. The standard InChI is InChI=1S/C11H18N2/c1-3-4-10-5-7-11(8-6-10)9(2)13-12/h5-9,13H,3-4,12H2,1-2H3/t9-/m0/s1. The van der Waals surface area contributed by atoms with Crippen molar-refractivity contribution in [2.24, 2.45) is 5.84 Å². The summed E-state index contributed by atoms with van der Waals surface area (Å²) in [6.45, 7) is 4.24. The lowest BCUT2D eigenvalue weighted by molar-refractivity contribution is 0.602. The fourth-order valence-electron chi connectivity index (χ4n) is 1.36. The average Bonchev–Trinajstić information content (AvgIpc) is 2.18. The zero-order chi connectivity index (χ0) is 9.68. The molecule has 0 aliphatic heterocycles. The molecule has 1 aromatic rings. The van der Waals surface area contributed by atoms with E-state index >= 15 is 0 Å². The van der Waals surface area contributed by atoms with Crippen LogP contribution in [-0.4, -0.2) is 0 Å². The number of benzene rings is 1. The van der Waals surface area contributed by atoms with Crippen LogP contribution in [-0.2, 0) is 6.42 Å². The Labute approximate surface area is 80.1 Å². The minimum Gasteiger partial charge on any atom is -0.271 e. The summed E-state index contributed by atoms with van der Waals surface area (Å²) >= 11 is 0. The molecule has 2 heteroatoms. The molecule has 1 aromatic carbocycles. The Morgan fingerprint density at radius 1 is 1.31 bits per heavy atom. The second kappa shape index (κ2) is 5.00. The Hall–Kier alpha value is -0.860. The van der Waals surface area contributed by atoms with Crippen LogP contribution in [0.5, 0.6) is 0 Å². The van der Waals surface area contributed by atoms with Gasteiger partial charge in [-0.2, -0.15) is 0 Å². The number of hydrazine groups is 1. The highest BCUT2D eigenvalue weighted by Gasteiger charge is 2.01. The van der Waals surface area contributed by atoms with Gasteiger partial charge < -0.3 is 0 Å². The quantitative estimate of drug-likeness (QED) is 0.547. The van der Waals surface area contributed by atoms with E-state index in [1.54, 1.807) is 0 Å². The molecule has 0 heterocycles. The van der Waals surface area contributed by atoms with Gasteiger partial charge in [0.15, 0.2) is 0 Å². The summed E-state index contributed by atoms with van der Waals surface area (Å²) < 4.78 is 0. The maximum atomic E-state index is 5.35. The number of rotatable bonds is 4. The van der Waals surface area contributed by atoms with Gasteiger partial charge in [-0.05, 0) is 24.5 Å². The molecule has 0 aliphatic carbocycles. The van der Waals surface area contributed by atoms with E-state index in [1.807, 2.05) is 0 Å². The van der Waals surface area contributed by atoms with Gasteiger partial charge in [-0.15, -0.1) is 0 Å². The monoisotopic (exact) mass is 178 g/mol. The van der Waals surface area contributed by atoms with Crippen LogP contribution in [0.1, 0.15) is 37.4 Å². The summed E-state index contributed by atoms with van der Waals surface area (Å²) in [5.41, 5.74) is 5.37. The van der Waals surface area contributed by atoms with E-state index in [1.165, 1.54) is 17.5 Å². The summed E-state index contributed by atoms with van der Waals surface area (Å²) in [7, 11) is 0. The van der Waals surface area contributed by atoms with Crippen molar-refractivity contribution >= 4 is 0 Å². The van der Waals surface area contributed by atoms with Gasteiger partial charge in [0, 0.05) is 6.04 Å². The van der Waals surface area contributed by atoms with Crippen LogP contribution in [0, 0.1) is 0 Å². The maximum Gasteiger partial charge on any atom is 0.0431 e. The molecule has 13 heavy (non-hydrogen) atoms. The fraction of sp³-hybridized carbons (Fsp3) is 0.455. The first-order valence-electron chi connectivity index (χ1n) is 4.83. The summed E-state index contributed by atoms with van der Waals surface area (Å²) in [6.07, 6.45) is 2.36. The largest absolute Gasteiger partial charge is 0.271 e. The third kappa shape index (κ3) is 2.83. The second-order valence-electron chi connectivity index (χ2n) is 3.38. The van der Waals surface area contributed by atoms with E-state index in [2.05, 4.69) is 43.5 Å². The highest BCUT2D eigenvalue weighted by Crippen LogP contribution is 2.12. The summed E-state index contributed by atoms with van der Waals surface area (Å²) in [4.78, 5) is 0. The lowest BCUT2D eigenvalue weighted by Crippen LogP contribution is -2.25. The Balaban J connectivity index is 2.69. The van der Waals surface area contributed by atoms with Crippen molar-refractivity contribution < 1.29 is 0 Å². The molecule has 0 aromatic heterocycles. The minimum absolute atomic E-state index is 0.232. The number of nitrogens with two attached hydrogens (primary N) is 1. The van der Waals surface area contributed by atoms with Crippen LogP contribution in [0.2, 0.25) is 0 Å². The van der Waals surface area contributed by atoms with Crippen LogP contribution in [0.3, 0.4) is 0 Å². The average molecular weight is 178 g/mol. The predicted molar refractivity (Wildman–Crippen MR) is 56.2 cm³/mol. The topological polar surface area (TPSA) is 38.0 Å². The molecule has 1 rings (SSSR count). The van der Waals surface area contributed by atoms with Gasteiger partial charge in [-0.3, -0.25) is 11.3 Å². The zero-order valence-electron chi connectivity index (χ0n) is 8.38. The molecular formula is C11H18N2. The van der Waals surface area contributed by atoms with E-state index in [0.717, 1.165) is 6.42 Å². The molecule has 0 bridgehead atoms. The summed E-state index contributed by atoms with van der Waals surface area (Å²) in [6, 6.07) is 8.85. The third-order valence-electron chi connectivity index (χ3n) is 2.27. The number of hydrogen-bond donors (Lipinski definition) is 2. The van der Waals surface area contributed by atoms with E-state index in [0.29, 0.717) is 0 Å². The van der Waals surface area contributed by atoms with Gasteiger partial charge in [0.05, 0.1) is 0 Å². The van der Waals surface area contributed by atoms with Gasteiger partial charge in [-0.1, -0.05) is 37.6 Å². The Morgan fingerprint density at radius 3 is 2.38 bits per heavy atom. The van der Waals surface area contributed by atoms with Crippen LogP contribution in [0.25, 0.3) is 0 Å². The molecule has 72 valence electrons. The zero-order valence-corrected chi connectivity index (χ0v) is 8.38. The van der Waals surface area contributed by atoms with Gasteiger partial charge in [-0.25, -0.2) is 0 Å². The maximum absolute atomic E-state index is 5.35. The molecule has 3 N–H and O–H groups in total. The lowest BCUT2D eigenvalue weighted by Gasteiger charge is -2.10. The molecule has 1 atom stereocenters. The summed E-state index contributed by atoms with van der Waals surface area (Å²) in [5, 5.41) is 0. The lowest BCUT2D eigenvalue weighted by atomic mass is 10.0. The number of nitrogens with one attached hydrogen (secondary N) is 1. The predicted octanol–water partition coefficient (Wildman–Crippen LogP) is 2.16. The molecule has 2 nitrogen and oxygen atoms in total. The molecule has 0 saturated carbocycles. The van der Waals surface area contributed by atoms with Crippen molar-refractivity contribution in [3.8, 4) is 0 Å². The molecule has 0 aliphatic rings. The molecular weight excluding hydrogens is 160 g/mol. The highest BCUT2D eigenvalue weighted by molar-refractivity contribution is 5.24. The number of hydrogen-bond acceptors (Lipinski definition) is 2. The van der Waals surface area contributed by atoms with Crippen molar-refractivity contribution in [3.63, 3.8) is 0 Å². The highest BCUT2D eigenvalue weighted by atomic mass is 15.2. The van der Waals surface area contributed by atoms with E-state index in [-0.39, 0.29) is 6.04 Å². The van der Waals surface area contributed by atoms with Crippen LogP contribution >= 0.6 is 0 Å². The van der Waals surface area contributed by atoms with Crippen molar-refractivity contribution in [3.05, 3.63) is 35.4 Å². The van der Waals surface area contributed by atoms with Crippen molar-refractivity contribution in [2.45, 2.75) is 32.7 Å². The molecule has 0 fully saturated rings.